The molecule has 2 aliphatic rings. The first-order valence-corrected chi connectivity index (χ1v) is 4.09. The molecule has 6 heteroatoms. The van der Waals surface area contributed by atoms with Gasteiger partial charge in [-0.1, -0.05) is 0 Å². The number of carbonyl (C=O) groups is 1. The Bertz CT molecular complexity index is 234. The van der Waals surface area contributed by atoms with Gasteiger partial charge in [0.1, 0.15) is 12.3 Å². The summed E-state index contributed by atoms with van der Waals surface area (Å²) >= 11 is 4.93. The Kier molecular flexibility index (Phi) is 1.41. The average Bonchev–Trinajstić information content (AvgIpc) is 2.49. The van der Waals surface area contributed by atoms with Crippen molar-refractivity contribution in [3.05, 3.63) is 0 Å². The molecule has 0 unspecified atom stereocenters. The highest BCUT2D eigenvalue weighted by molar-refractivity contribution is 7.80. The van der Waals surface area contributed by atoms with Crippen LogP contribution in [0.15, 0.2) is 0 Å². The number of carbonyl (C=O) groups excluding carboxylic acids is 1. The molecule has 2 amide bonds. The Morgan fingerprint density at radius 3 is 2.08 bits per heavy atom. The first kappa shape index (κ1) is 7.60. The standard InChI is InChI=1S/C6H10N4OS/c1-9-3-4(8-5(12)7-3)10(2)6(9)11/h3-4H,1-2H3,(H2,7,8,12)/t3-,4-/m0/s1. The van der Waals surface area contributed by atoms with Crippen LogP contribution in [0.4, 0.5) is 4.79 Å². The van der Waals surface area contributed by atoms with Crippen LogP contribution in [-0.2, 0) is 0 Å². The van der Waals surface area contributed by atoms with E-state index in [1.165, 1.54) is 0 Å². The molecule has 2 N–H and O–H groups in total. The molecule has 0 aromatic heterocycles. The molecule has 12 heavy (non-hydrogen) atoms. The molecule has 2 fully saturated rings. The zero-order chi connectivity index (χ0) is 8.88. The van der Waals surface area contributed by atoms with Crippen LogP contribution >= 0.6 is 12.2 Å². The lowest BCUT2D eigenvalue weighted by atomic mass is 10.4. The highest BCUT2D eigenvalue weighted by atomic mass is 32.1. The first-order chi connectivity index (χ1) is 5.61. The first-order valence-electron chi connectivity index (χ1n) is 3.68. The molecule has 66 valence electrons. The molecule has 0 spiro atoms. The molecule has 2 saturated heterocycles. The molecule has 0 radical (unpaired) electrons. The summed E-state index contributed by atoms with van der Waals surface area (Å²) in [5.74, 6) is 0. The number of nitrogens with one attached hydrogen (secondary N) is 2. The van der Waals surface area contributed by atoms with Gasteiger partial charge in [-0.25, -0.2) is 4.79 Å². The Morgan fingerprint density at radius 2 is 1.67 bits per heavy atom. The lowest BCUT2D eigenvalue weighted by Gasteiger charge is -2.15. The van der Waals surface area contributed by atoms with Crippen LogP contribution in [-0.4, -0.2) is 47.4 Å². The van der Waals surface area contributed by atoms with Gasteiger partial charge in [-0.15, -0.1) is 0 Å². The lowest BCUT2D eigenvalue weighted by molar-refractivity contribution is 0.197. The molecule has 0 aromatic carbocycles. The quantitative estimate of drug-likeness (QED) is 0.482. The minimum Gasteiger partial charge on any atom is -0.339 e. The number of hydrogen-bond acceptors (Lipinski definition) is 2. The fourth-order valence-electron chi connectivity index (χ4n) is 1.57. The Labute approximate surface area is 75.7 Å². The number of amides is 2. The Morgan fingerprint density at radius 1 is 1.25 bits per heavy atom. The van der Waals surface area contributed by atoms with Gasteiger partial charge < -0.3 is 20.4 Å². The average molecular weight is 186 g/mol. The zero-order valence-electron chi connectivity index (χ0n) is 6.87. The maximum Gasteiger partial charge on any atom is 0.323 e. The summed E-state index contributed by atoms with van der Waals surface area (Å²) in [6.45, 7) is 0. The van der Waals surface area contributed by atoms with Crippen LogP contribution < -0.4 is 10.6 Å². The van der Waals surface area contributed by atoms with E-state index in [1.807, 2.05) is 0 Å². The maximum atomic E-state index is 11.4. The third-order valence-electron chi connectivity index (χ3n) is 2.29. The van der Waals surface area contributed by atoms with Crippen molar-refractivity contribution in [2.75, 3.05) is 14.1 Å². The molecule has 5 nitrogen and oxygen atoms in total. The van der Waals surface area contributed by atoms with Crippen molar-refractivity contribution in [2.45, 2.75) is 12.3 Å². The van der Waals surface area contributed by atoms with E-state index in [4.69, 9.17) is 12.2 Å². The summed E-state index contributed by atoms with van der Waals surface area (Å²) in [6.07, 6.45) is -0.0370. The van der Waals surface area contributed by atoms with Crippen molar-refractivity contribution in [3.8, 4) is 0 Å². The van der Waals surface area contributed by atoms with Crippen LogP contribution in [0.25, 0.3) is 0 Å². The summed E-state index contributed by atoms with van der Waals surface area (Å²) in [4.78, 5) is 14.6. The molecule has 0 aromatic rings. The molecule has 2 atom stereocenters. The van der Waals surface area contributed by atoms with Crippen molar-refractivity contribution in [2.24, 2.45) is 0 Å². The number of likely N-dealkylation sites (N-methyl/N-ethyl adjacent to an activating group) is 2. The molecular weight excluding hydrogens is 176 g/mol. The van der Waals surface area contributed by atoms with E-state index >= 15 is 0 Å². The predicted molar refractivity (Wildman–Crippen MR) is 47.4 cm³/mol. The topological polar surface area (TPSA) is 47.6 Å². The largest absolute Gasteiger partial charge is 0.339 e. The lowest BCUT2D eigenvalue weighted by Crippen LogP contribution is -2.41. The van der Waals surface area contributed by atoms with Gasteiger partial charge in [0.2, 0.25) is 0 Å². The third-order valence-corrected chi connectivity index (χ3v) is 2.53. The predicted octanol–water partition coefficient (Wildman–Crippen LogP) is -0.886. The Balaban J connectivity index is 2.26. The van der Waals surface area contributed by atoms with E-state index in [0.717, 1.165) is 0 Å². The molecule has 2 heterocycles. The van der Waals surface area contributed by atoms with E-state index in [-0.39, 0.29) is 18.4 Å². The number of rotatable bonds is 0. The van der Waals surface area contributed by atoms with Crippen molar-refractivity contribution in [3.63, 3.8) is 0 Å². The summed E-state index contributed by atoms with van der Waals surface area (Å²) in [6, 6.07) is 0.00694. The van der Waals surface area contributed by atoms with Crippen LogP contribution in [0.2, 0.25) is 0 Å². The van der Waals surface area contributed by atoms with Gasteiger partial charge in [-0.05, 0) is 12.2 Å². The second-order valence-electron chi connectivity index (χ2n) is 3.01. The van der Waals surface area contributed by atoms with Gasteiger partial charge >= 0.3 is 6.03 Å². The summed E-state index contributed by atoms with van der Waals surface area (Å²) in [7, 11) is 3.51. The Hall–Kier alpha value is -1.04. The molecule has 2 rings (SSSR count). The van der Waals surface area contributed by atoms with E-state index in [0.29, 0.717) is 5.11 Å². The smallest absolute Gasteiger partial charge is 0.323 e. The second kappa shape index (κ2) is 2.22. The summed E-state index contributed by atoms with van der Waals surface area (Å²) < 4.78 is 0. The zero-order valence-corrected chi connectivity index (χ0v) is 7.68. The van der Waals surface area contributed by atoms with Gasteiger partial charge in [-0.2, -0.15) is 0 Å². The molecular formula is C6H10N4OS. The number of fused-ring (bicyclic) bond motifs is 1. The van der Waals surface area contributed by atoms with Gasteiger partial charge in [0.25, 0.3) is 0 Å². The van der Waals surface area contributed by atoms with E-state index in [2.05, 4.69) is 10.6 Å². The van der Waals surface area contributed by atoms with Crippen molar-refractivity contribution >= 4 is 23.4 Å². The highest BCUT2D eigenvalue weighted by Crippen LogP contribution is 2.18. The number of thiocarbonyl (C=S) groups is 1. The van der Waals surface area contributed by atoms with Crippen molar-refractivity contribution in [1.29, 1.82) is 0 Å². The van der Waals surface area contributed by atoms with Gasteiger partial charge in [-0.3, -0.25) is 0 Å². The normalized spacial score (nSPS) is 33.5. The van der Waals surface area contributed by atoms with Crippen molar-refractivity contribution < 1.29 is 4.79 Å². The number of hydrogen-bond donors (Lipinski definition) is 2. The maximum absolute atomic E-state index is 11.4. The van der Waals surface area contributed by atoms with E-state index < -0.39 is 0 Å². The second-order valence-corrected chi connectivity index (χ2v) is 3.42. The van der Waals surface area contributed by atoms with Gasteiger partial charge in [0.05, 0.1) is 0 Å². The SMILES string of the molecule is CN1C(=O)N(C)[C@@H]2NC(=S)N[C@H]21. The minimum atomic E-state index is -0.0185. The van der Waals surface area contributed by atoms with Gasteiger partial charge in [0.15, 0.2) is 5.11 Å². The van der Waals surface area contributed by atoms with Crippen LogP contribution in [0, 0.1) is 0 Å². The molecule has 2 aliphatic heterocycles. The van der Waals surface area contributed by atoms with Crippen LogP contribution in [0.1, 0.15) is 0 Å². The minimum absolute atomic E-state index is 0.00694. The monoisotopic (exact) mass is 186 g/mol. The van der Waals surface area contributed by atoms with Gasteiger partial charge in [0, 0.05) is 14.1 Å². The van der Waals surface area contributed by atoms with Crippen molar-refractivity contribution in [1.82, 2.24) is 20.4 Å². The van der Waals surface area contributed by atoms with Crippen LogP contribution in [0.5, 0.6) is 0 Å². The number of nitrogens with zero attached hydrogens (tertiary/aromatic N) is 2. The fraction of sp³-hybridized carbons (Fsp3) is 0.667. The van der Waals surface area contributed by atoms with E-state index in [1.54, 1.807) is 23.9 Å². The summed E-state index contributed by atoms with van der Waals surface area (Å²) in [5.41, 5.74) is 0. The molecule has 0 bridgehead atoms. The number of urea groups is 1. The van der Waals surface area contributed by atoms with Crippen LogP contribution in [0.3, 0.4) is 0 Å². The molecule has 0 saturated carbocycles. The third kappa shape index (κ3) is 0.781. The highest BCUT2D eigenvalue weighted by Gasteiger charge is 2.46. The summed E-state index contributed by atoms with van der Waals surface area (Å²) in [5, 5.41) is 6.63. The molecule has 0 aliphatic carbocycles. The van der Waals surface area contributed by atoms with E-state index in [9.17, 15) is 4.79 Å². The fourth-order valence-corrected chi connectivity index (χ4v) is 1.81.